The molecule has 166 valence electrons. The van der Waals surface area contributed by atoms with Crippen LogP contribution in [0.15, 0.2) is 6.20 Å². The highest BCUT2D eigenvalue weighted by Gasteiger charge is 2.39. The molecule has 1 fully saturated rings. The first-order valence-electron chi connectivity index (χ1n) is 10.7. The van der Waals surface area contributed by atoms with Crippen LogP contribution >= 0.6 is 0 Å². The van der Waals surface area contributed by atoms with Gasteiger partial charge in [0.25, 0.3) is 0 Å². The van der Waals surface area contributed by atoms with Crippen molar-refractivity contribution in [2.75, 3.05) is 19.6 Å². The van der Waals surface area contributed by atoms with Gasteiger partial charge >= 0.3 is 12.1 Å². The molecule has 0 spiro atoms. The minimum Gasteiger partial charge on any atom is -0.465 e. The zero-order valence-electron chi connectivity index (χ0n) is 18.6. The largest absolute Gasteiger partial charge is 0.465 e. The second kappa shape index (κ2) is 8.28. The van der Waals surface area contributed by atoms with Gasteiger partial charge in [-0.15, -0.1) is 0 Å². The average Bonchev–Trinajstić information content (AvgIpc) is 3.20. The molecule has 9 nitrogen and oxygen atoms in total. The molecule has 1 atom stereocenters. The van der Waals surface area contributed by atoms with E-state index < -0.39 is 12.1 Å². The highest BCUT2D eigenvalue weighted by Crippen LogP contribution is 2.27. The molecule has 3 heterocycles. The van der Waals surface area contributed by atoms with Gasteiger partial charge in [0.2, 0.25) is 5.91 Å². The summed E-state index contributed by atoms with van der Waals surface area (Å²) in [6.07, 6.45) is 2.50. The van der Waals surface area contributed by atoms with Crippen LogP contribution in [0.3, 0.4) is 0 Å². The Labute approximate surface area is 177 Å². The Morgan fingerprint density at radius 3 is 2.43 bits per heavy atom. The maximum Gasteiger partial charge on any atom is 0.407 e. The third-order valence-corrected chi connectivity index (χ3v) is 5.94. The topological polar surface area (TPSA) is 99.0 Å². The van der Waals surface area contributed by atoms with E-state index in [1.807, 2.05) is 39.5 Å². The van der Waals surface area contributed by atoms with Gasteiger partial charge in [0, 0.05) is 25.7 Å². The number of fused-ring (bicyclic) bond motifs is 1. The lowest BCUT2D eigenvalue weighted by atomic mass is 9.94. The number of carbonyl (C=O) groups is 3. The second-order valence-electron chi connectivity index (χ2n) is 9.49. The van der Waals surface area contributed by atoms with E-state index in [2.05, 4.69) is 4.98 Å². The molecule has 1 N–H and O–H groups in total. The van der Waals surface area contributed by atoms with Crippen LogP contribution in [0.5, 0.6) is 0 Å². The van der Waals surface area contributed by atoms with Gasteiger partial charge in [0.05, 0.1) is 18.4 Å². The molecule has 30 heavy (non-hydrogen) atoms. The minimum absolute atomic E-state index is 0.0431. The molecule has 2 aliphatic rings. The van der Waals surface area contributed by atoms with Crippen LogP contribution in [0.2, 0.25) is 0 Å². The summed E-state index contributed by atoms with van der Waals surface area (Å²) in [6.45, 7) is 11.5. The lowest BCUT2D eigenvalue weighted by Crippen LogP contribution is -2.55. The molecule has 1 aromatic heterocycles. The maximum absolute atomic E-state index is 13.2. The normalized spacial score (nSPS) is 18.5. The van der Waals surface area contributed by atoms with Crippen molar-refractivity contribution < 1.29 is 19.5 Å². The molecule has 0 aliphatic carbocycles. The number of piperidine rings is 1. The Balaban J connectivity index is 1.63. The predicted molar refractivity (Wildman–Crippen MR) is 111 cm³/mol. The standard InChI is InChI=1S/C21H33N5O4/c1-6-17(25(20(29)30)13-21(3,4)5)18(27)23-9-7-15(8-10-23)24-12-16-11-22-14(2)26(16)19(24)28/h11,15,17H,6-10,12-13H2,1-5H3,(H,29,30). The maximum atomic E-state index is 13.2. The quantitative estimate of drug-likeness (QED) is 0.791. The predicted octanol–water partition coefficient (Wildman–Crippen LogP) is 2.77. The first kappa shape index (κ1) is 22.1. The Hall–Kier alpha value is -2.58. The summed E-state index contributed by atoms with van der Waals surface area (Å²) in [5, 5.41) is 9.69. The van der Waals surface area contributed by atoms with Gasteiger partial charge in [0.15, 0.2) is 0 Å². The molecule has 9 heteroatoms. The first-order valence-corrected chi connectivity index (χ1v) is 10.7. The highest BCUT2D eigenvalue weighted by molar-refractivity contribution is 5.85. The summed E-state index contributed by atoms with van der Waals surface area (Å²) in [7, 11) is 0. The second-order valence-corrected chi connectivity index (χ2v) is 9.49. The zero-order valence-corrected chi connectivity index (χ0v) is 18.6. The molecular weight excluding hydrogens is 386 g/mol. The molecule has 1 aromatic rings. The van der Waals surface area contributed by atoms with E-state index in [0.29, 0.717) is 51.3 Å². The van der Waals surface area contributed by atoms with E-state index in [-0.39, 0.29) is 23.4 Å². The van der Waals surface area contributed by atoms with Crippen LogP contribution in [0, 0.1) is 12.3 Å². The number of likely N-dealkylation sites (tertiary alicyclic amines) is 1. The number of imidazole rings is 1. The number of carbonyl (C=O) groups excluding carboxylic acids is 2. The Morgan fingerprint density at radius 1 is 1.30 bits per heavy atom. The van der Waals surface area contributed by atoms with Crippen molar-refractivity contribution in [3.63, 3.8) is 0 Å². The number of aryl methyl sites for hydroxylation is 1. The van der Waals surface area contributed by atoms with E-state index in [1.54, 1.807) is 15.7 Å². The van der Waals surface area contributed by atoms with Crippen LogP contribution in [-0.2, 0) is 11.3 Å². The Morgan fingerprint density at radius 2 is 1.93 bits per heavy atom. The minimum atomic E-state index is -1.06. The SMILES string of the molecule is CCC(C(=O)N1CCC(N2Cc3cnc(C)n3C2=O)CC1)N(CC(C)(C)C)C(=O)O. The number of carboxylic acid groups (broad SMARTS) is 1. The van der Waals surface area contributed by atoms with Gasteiger partial charge in [-0.2, -0.15) is 0 Å². The van der Waals surface area contributed by atoms with Gasteiger partial charge in [0.1, 0.15) is 11.9 Å². The molecule has 2 aliphatic heterocycles. The van der Waals surface area contributed by atoms with Gasteiger partial charge in [-0.3, -0.25) is 14.3 Å². The summed E-state index contributed by atoms with van der Waals surface area (Å²) in [4.78, 5) is 46.9. The fraction of sp³-hybridized carbons (Fsp3) is 0.714. The number of hydrogen-bond donors (Lipinski definition) is 1. The number of hydrogen-bond acceptors (Lipinski definition) is 4. The average molecular weight is 420 g/mol. The van der Waals surface area contributed by atoms with Gasteiger partial charge < -0.3 is 14.9 Å². The van der Waals surface area contributed by atoms with Gasteiger partial charge in [-0.1, -0.05) is 27.7 Å². The van der Waals surface area contributed by atoms with Crippen LogP contribution < -0.4 is 0 Å². The Kier molecular flexibility index (Phi) is 6.10. The van der Waals surface area contributed by atoms with E-state index in [4.69, 9.17) is 0 Å². The van der Waals surface area contributed by atoms with Crippen molar-refractivity contribution in [1.29, 1.82) is 0 Å². The van der Waals surface area contributed by atoms with Crippen molar-refractivity contribution in [1.82, 2.24) is 24.3 Å². The highest BCUT2D eigenvalue weighted by atomic mass is 16.4. The fourth-order valence-electron chi connectivity index (χ4n) is 4.48. The molecule has 1 saturated heterocycles. The smallest absolute Gasteiger partial charge is 0.407 e. The van der Waals surface area contributed by atoms with Gasteiger partial charge in [-0.25, -0.2) is 14.6 Å². The molecular formula is C21H33N5O4. The number of nitrogens with zero attached hydrogens (tertiary/aromatic N) is 5. The molecule has 0 aromatic carbocycles. The van der Waals surface area contributed by atoms with Crippen molar-refractivity contribution in [3.05, 3.63) is 17.7 Å². The molecule has 0 radical (unpaired) electrons. The van der Waals surface area contributed by atoms with Crippen LogP contribution in [0.25, 0.3) is 0 Å². The lowest BCUT2D eigenvalue weighted by Gasteiger charge is -2.40. The van der Waals surface area contributed by atoms with Crippen LogP contribution in [-0.4, -0.2) is 79.1 Å². The van der Waals surface area contributed by atoms with Crippen molar-refractivity contribution in [3.8, 4) is 0 Å². The molecule has 0 bridgehead atoms. The third kappa shape index (κ3) is 4.29. The van der Waals surface area contributed by atoms with Crippen LogP contribution in [0.1, 0.15) is 58.5 Å². The summed E-state index contributed by atoms with van der Waals surface area (Å²) < 4.78 is 1.65. The van der Waals surface area contributed by atoms with Gasteiger partial charge in [-0.05, 0) is 31.6 Å². The Bertz CT molecular complexity index is 820. The zero-order chi connectivity index (χ0) is 22.2. The number of rotatable bonds is 5. The number of amides is 3. The third-order valence-electron chi connectivity index (χ3n) is 5.94. The van der Waals surface area contributed by atoms with Crippen molar-refractivity contribution >= 4 is 18.0 Å². The summed E-state index contributed by atoms with van der Waals surface area (Å²) in [5.41, 5.74) is 0.667. The monoisotopic (exact) mass is 419 g/mol. The van der Waals surface area contributed by atoms with E-state index in [1.165, 1.54) is 4.90 Å². The summed E-state index contributed by atoms with van der Waals surface area (Å²) in [6, 6.07) is -0.648. The first-order chi connectivity index (χ1) is 14.0. The van der Waals surface area contributed by atoms with Crippen LogP contribution in [0.4, 0.5) is 9.59 Å². The summed E-state index contributed by atoms with van der Waals surface area (Å²) >= 11 is 0. The van der Waals surface area contributed by atoms with Crippen molar-refractivity contribution in [2.24, 2.45) is 5.41 Å². The molecule has 0 saturated carbocycles. The van der Waals surface area contributed by atoms with E-state index >= 15 is 0 Å². The molecule has 3 amide bonds. The van der Waals surface area contributed by atoms with E-state index in [0.717, 1.165) is 5.69 Å². The van der Waals surface area contributed by atoms with Crippen molar-refractivity contribution in [2.45, 2.75) is 72.5 Å². The molecule has 3 rings (SSSR count). The lowest BCUT2D eigenvalue weighted by molar-refractivity contribution is -0.138. The van der Waals surface area contributed by atoms with E-state index in [9.17, 15) is 19.5 Å². The summed E-state index contributed by atoms with van der Waals surface area (Å²) in [5.74, 6) is 0.560. The molecule has 1 unspecified atom stereocenters. The number of aromatic nitrogens is 2. The fourth-order valence-corrected chi connectivity index (χ4v) is 4.48.